The van der Waals surface area contributed by atoms with Crippen LogP contribution in [-0.4, -0.2) is 83.5 Å². The Bertz CT molecular complexity index is 2190. The van der Waals surface area contributed by atoms with Crippen molar-refractivity contribution in [3.8, 4) is 0 Å². The Hall–Kier alpha value is -5.79. The predicted molar refractivity (Wildman–Crippen MR) is 513 cm³/mol. The molecule has 0 spiro atoms. The zero-order valence-corrected chi connectivity index (χ0v) is 80.5. The maximum atomic E-state index is 11.2. The summed E-state index contributed by atoms with van der Waals surface area (Å²) >= 11 is 0. The SMILES string of the molecule is C=CC(=O)O.C=CC(=O)OC(C)CCCCCCCCCC.C=CC(=O)OC(CC)CCCCCCCCC.C=CC(=O)OC(CCC)CCCCCCCC.C=CC(=O)OC(CCCC)CCCCCCC.C=CC(=O)OC(CCCCC)CCCCCC.C=CC(=O)OC(CCCCC)CCCCCC.C=CCCCCCCCCCC. The molecule has 0 amide bonds. The van der Waals surface area contributed by atoms with Crippen LogP contribution in [0.15, 0.2) is 101 Å². The minimum absolute atomic E-state index is 0.0283. The number of carboxylic acids is 1. The molecule has 0 aromatic heterocycles. The lowest BCUT2D eigenvalue weighted by Gasteiger charge is -2.16. The van der Waals surface area contributed by atoms with Crippen LogP contribution in [0.5, 0.6) is 0 Å². The molecule has 6 unspecified atom stereocenters. The van der Waals surface area contributed by atoms with Gasteiger partial charge in [0.15, 0.2) is 0 Å². The zero-order chi connectivity index (χ0) is 91.0. The molecule has 6 atom stereocenters. The average Bonchev–Trinajstić information content (AvgIpc) is 1.11. The van der Waals surface area contributed by atoms with Crippen molar-refractivity contribution in [1.82, 2.24) is 0 Å². The van der Waals surface area contributed by atoms with Gasteiger partial charge >= 0.3 is 41.8 Å². The lowest BCUT2D eigenvalue weighted by atomic mass is 10.0. The van der Waals surface area contributed by atoms with Gasteiger partial charge in [0.1, 0.15) is 30.5 Å². The standard InChI is InChI=1S/6C15H28O2.C12H24.C3H4O2/c1-4-6-7-8-9-10-11-12-13-14(3)17-15(16)5-2;1-4-7-8-9-10-11-12-13-14(5-2)17-15(16)6-3;1-4-7-8-9-10-11-13-14(12-5-2)17-15(16)6-3;1-4-7-9-10-11-13-14(12-8-5-2)17-15(16)6-3;2*1-4-7-9-11-13-14(12-10-8-5-2)17-15(16)6-3;1-3-5-7-9-11-12-10-8-6-4-2;1-2-3(4)5/h5,14H,2,4,6-13H2,1,3H3;5*6,14H,3-5,7-13H2,1-2H3;3H,1,4-12H2,2H3;2H,1H2,(H,4,5). The van der Waals surface area contributed by atoms with Crippen molar-refractivity contribution in [3.63, 3.8) is 0 Å². The quantitative estimate of drug-likeness (QED) is 0.0199. The Morgan fingerprint density at radius 1 is 0.218 bits per heavy atom. The number of unbranched alkanes of at least 4 members (excludes halogenated alkanes) is 41. The fraction of sp³-hybridized carbons (Fsp3) is 0.781. The number of allylic oxidation sites excluding steroid dienone is 1. The van der Waals surface area contributed by atoms with Crippen LogP contribution in [0.1, 0.15) is 495 Å². The Morgan fingerprint density at radius 2 is 0.395 bits per heavy atom. The van der Waals surface area contributed by atoms with E-state index in [-0.39, 0.29) is 72.4 Å². The molecule has 0 rings (SSSR count). The summed E-state index contributed by atoms with van der Waals surface area (Å²) in [7, 11) is 0. The van der Waals surface area contributed by atoms with Gasteiger partial charge in [-0.3, -0.25) is 0 Å². The summed E-state index contributed by atoms with van der Waals surface area (Å²) in [6.07, 6.45) is 88.1. The highest BCUT2D eigenvalue weighted by Gasteiger charge is 2.16. The van der Waals surface area contributed by atoms with Crippen molar-refractivity contribution in [2.75, 3.05) is 0 Å². The minimum Gasteiger partial charge on any atom is -0.478 e. The molecular weight excluding hydrogens is 1490 g/mol. The minimum atomic E-state index is -0.981. The summed E-state index contributed by atoms with van der Waals surface area (Å²) in [4.78, 5) is 75.9. The highest BCUT2D eigenvalue weighted by molar-refractivity contribution is 5.83. The van der Waals surface area contributed by atoms with E-state index in [1.165, 1.54) is 313 Å². The third-order valence-electron chi connectivity index (χ3n) is 20.2. The third kappa shape index (κ3) is 121. The Labute approximate surface area is 737 Å². The Balaban J connectivity index is -0.000000200. The van der Waals surface area contributed by atoms with E-state index in [4.69, 9.17) is 33.5 Å². The van der Waals surface area contributed by atoms with Gasteiger partial charge in [-0.2, -0.15) is 0 Å². The van der Waals surface area contributed by atoms with Gasteiger partial charge in [0, 0.05) is 42.5 Å². The fourth-order valence-corrected chi connectivity index (χ4v) is 12.8. The van der Waals surface area contributed by atoms with Gasteiger partial charge in [0.05, 0.1) is 6.10 Å². The summed E-state index contributed by atoms with van der Waals surface area (Å²) in [5, 5.41) is 7.60. The largest absolute Gasteiger partial charge is 0.478 e. The molecule has 0 saturated carbocycles. The van der Waals surface area contributed by atoms with Crippen molar-refractivity contribution in [2.24, 2.45) is 0 Å². The summed E-state index contributed by atoms with van der Waals surface area (Å²) in [6, 6.07) is 0. The summed E-state index contributed by atoms with van der Waals surface area (Å²) < 4.78 is 31.7. The molecule has 119 heavy (non-hydrogen) atoms. The van der Waals surface area contributed by atoms with E-state index in [1.54, 1.807) is 0 Å². The average molecular weight is 1680 g/mol. The molecule has 0 saturated heterocycles. The van der Waals surface area contributed by atoms with E-state index in [1.807, 2.05) is 13.0 Å². The van der Waals surface area contributed by atoms with Crippen LogP contribution < -0.4 is 0 Å². The number of hydrogen-bond acceptors (Lipinski definition) is 13. The van der Waals surface area contributed by atoms with Crippen LogP contribution in [0.3, 0.4) is 0 Å². The maximum absolute atomic E-state index is 11.2. The lowest BCUT2D eigenvalue weighted by Crippen LogP contribution is -2.16. The van der Waals surface area contributed by atoms with Crippen LogP contribution in [0.2, 0.25) is 0 Å². The van der Waals surface area contributed by atoms with E-state index >= 15 is 0 Å². The van der Waals surface area contributed by atoms with E-state index < -0.39 is 5.97 Å². The molecule has 14 nitrogen and oxygen atoms in total. The van der Waals surface area contributed by atoms with Crippen LogP contribution >= 0.6 is 0 Å². The van der Waals surface area contributed by atoms with Gasteiger partial charge in [-0.05, 0) is 142 Å². The second-order valence-electron chi connectivity index (χ2n) is 31.8. The van der Waals surface area contributed by atoms with Gasteiger partial charge in [-0.25, -0.2) is 33.6 Å². The molecule has 0 aliphatic heterocycles. The van der Waals surface area contributed by atoms with Crippen molar-refractivity contribution in [3.05, 3.63) is 101 Å². The topological polar surface area (TPSA) is 195 Å². The molecule has 700 valence electrons. The Morgan fingerprint density at radius 3 is 0.622 bits per heavy atom. The first-order valence-electron chi connectivity index (χ1n) is 49.0. The first-order valence-corrected chi connectivity index (χ1v) is 49.0. The van der Waals surface area contributed by atoms with Crippen LogP contribution in [0, 0.1) is 0 Å². The highest BCUT2D eigenvalue weighted by atomic mass is 16.6. The zero-order valence-electron chi connectivity index (χ0n) is 80.5. The first kappa shape index (κ1) is 129. The molecular formula is C105H196O14. The van der Waals surface area contributed by atoms with E-state index in [0.717, 1.165) is 134 Å². The number of ether oxygens (including phenoxy) is 6. The summed E-state index contributed by atoms with van der Waals surface area (Å²) in [6.45, 7) is 55.5. The molecule has 0 heterocycles. The second kappa shape index (κ2) is 114. The van der Waals surface area contributed by atoms with Crippen molar-refractivity contribution in [1.29, 1.82) is 0 Å². The van der Waals surface area contributed by atoms with Gasteiger partial charge < -0.3 is 33.5 Å². The summed E-state index contributed by atoms with van der Waals surface area (Å²) in [5.41, 5.74) is 0. The fourth-order valence-electron chi connectivity index (χ4n) is 12.8. The highest BCUT2D eigenvalue weighted by Crippen LogP contribution is 2.21. The smallest absolute Gasteiger partial charge is 0.330 e. The maximum Gasteiger partial charge on any atom is 0.330 e. The molecule has 0 aromatic rings. The monoisotopic (exact) mass is 1680 g/mol. The van der Waals surface area contributed by atoms with E-state index in [9.17, 15) is 33.6 Å². The van der Waals surface area contributed by atoms with Crippen LogP contribution in [-0.2, 0) is 62.0 Å². The molecule has 0 radical (unpaired) electrons. The number of aliphatic carboxylic acids is 1. The van der Waals surface area contributed by atoms with Crippen LogP contribution in [0.4, 0.5) is 0 Å². The molecule has 1 N–H and O–H groups in total. The lowest BCUT2D eigenvalue weighted by molar-refractivity contribution is -0.144. The van der Waals surface area contributed by atoms with E-state index in [0.29, 0.717) is 0 Å². The van der Waals surface area contributed by atoms with Gasteiger partial charge in [-0.1, -0.05) is 405 Å². The van der Waals surface area contributed by atoms with E-state index in [2.05, 4.69) is 136 Å². The molecule has 0 aliphatic carbocycles. The first-order chi connectivity index (χ1) is 57.6. The molecule has 0 aliphatic rings. The predicted octanol–water partition coefficient (Wildman–Crippen LogP) is 32.8. The third-order valence-corrected chi connectivity index (χ3v) is 20.2. The molecule has 0 bridgehead atoms. The number of carboxylic acid groups (broad SMARTS) is 1. The second-order valence-corrected chi connectivity index (χ2v) is 31.8. The van der Waals surface area contributed by atoms with Crippen LogP contribution in [0.25, 0.3) is 0 Å². The van der Waals surface area contributed by atoms with Gasteiger partial charge in [0.2, 0.25) is 0 Å². The normalized spacial score (nSPS) is 11.7. The van der Waals surface area contributed by atoms with Gasteiger partial charge in [-0.15, -0.1) is 6.58 Å². The van der Waals surface area contributed by atoms with Gasteiger partial charge in [0.25, 0.3) is 0 Å². The number of hydrogen-bond donors (Lipinski definition) is 1. The molecule has 14 heteroatoms. The molecule has 0 fully saturated rings. The Kier molecular flexibility index (Phi) is 124. The van der Waals surface area contributed by atoms with Crippen molar-refractivity contribution in [2.45, 2.75) is 531 Å². The number of carbonyl (C=O) groups is 7. The number of rotatable bonds is 76. The van der Waals surface area contributed by atoms with Crippen molar-refractivity contribution >= 4 is 41.8 Å². The molecule has 0 aromatic carbocycles. The summed E-state index contributed by atoms with van der Waals surface area (Å²) in [5.74, 6) is -2.69. The number of esters is 6. The number of carbonyl (C=O) groups excluding carboxylic acids is 6. The van der Waals surface area contributed by atoms with Crippen molar-refractivity contribution < 1.29 is 67.1 Å².